The third kappa shape index (κ3) is 3.35. The van der Waals surface area contributed by atoms with Crippen molar-refractivity contribution in [1.29, 1.82) is 0 Å². The Morgan fingerprint density at radius 1 is 1.33 bits per heavy atom. The van der Waals surface area contributed by atoms with E-state index in [1.54, 1.807) is 0 Å². The largest absolute Gasteiger partial charge is 0.399 e. The lowest BCUT2D eigenvalue weighted by Crippen LogP contribution is -2.37. The minimum Gasteiger partial charge on any atom is -0.399 e. The molecular weight excluding hydrogens is 266 g/mol. The first-order chi connectivity index (χ1) is 10.1. The standard InChI is InChI=1S/C16H21N3O2/c17-14-4-2-1-3-11(14)5-8-15(20)18-12-9-16(21)19(10-12)13-6-7-13/h1-4,12-13H,5-10,17H2,(H,18,20). The van der Waals surface area contributed by atoms with Gasteiger partial charge in [-0.2, -0.15) is 0 Å². The van der Waals surface area contributed by atoms with Crippen molar-refractivity contribution in [3.63, 3.8) is 0 Å². The second-order valence-electron chi connectivity index (χ2n) is 5.94. The summed E-state index contributed by atoms with van der Waals surface area (Å²) in [7, 11) is 0. The minimum absolute atomic E-state index is 0.00583. The number of nitrogens with one attached hydrogen (secondary N) is 1. The number of hydrogen-bond donors (Lipinski definition) is 2. The van der Waals surface area contributed by atoms with Crippen LogP contribution in [0.4, 0.5) is 5.69 Å². The highest BCUT2D eigenvalue weighted by Crippen LogP contribution is 2.30. The second-order valence-corrected chi connectivity index (χ2v) is 5.94. The van der Waals surface area contributed by atoms with Gasteiger partial charge < -0.3 is 16.0 Å². The Morgan fingerprint density at radius 3 is 2.81 bits per heavy atom. The average molecular weight is 287 g/mol. The molecule has 2 amide bonds. The Hall–Kier alpha value is -2.04. The quantitative estimate of drug-likeness (QED) is 0.796. The number of para-hydroxylation sites is 1. The van der Waals surface area contributed by atoms with Gasteiger partial charge in [-0.05, 0) is 30.9 Å². The van der Waals surface area contributed by atoms with Crippen LogP contribution in [0.1, 0.15) is 31.2 Å². The summed E-state index contributed by atoms with van der Waals surface area (Å²) in [5, 5.41) is 2.97. The zero-order valence-electron chi connectivity index (χ0n) is 12.0. The number of carbonyl (C=O) groups is 2. The van der Waals surface area contributed by atoms with Crippen LogP contribution in [-0.4, -0.2) is 35.3 Å². The molecule has 0 spiro atoms. The Kier molecular flexibility index (Phi) is 3.82. The molecule has 1 heterocycles. The van der Waals surface area contributed by atoms with Gasteiger partial charge in [-0.25, -0.2) is 0 Å². The number of anilines is 1. The predicted octanol–water partition coefficient (Wildman–Crippen LogP) is 1.08. The van der Waals surface area contributed by atoms with E-state index in [1.165, 1.54) is 0 Å². The zero-order chi connectivity index (χ0) is 14.8. The van der Waals surface area contributed by atoms with Crippen molar-refractivity contribution in [2.24, 2.45) is 0 Å². The van der Waals surface area contributed by atoms with Crippen LogP contribution in [0.3, 0.4) is 0 Å². The number of hydrogen-bond acceptors (Lipinski definition) is 3. The van der Waals surface area contributed by atoms with Gasteiger partial charge in [0, 0.05) is 31.1 Å². The topological polar surface area (TPSA) is 75.4 Å². The molecule has 21 heavy (non-hydrogen) atoms. The van der Waals surface area contributed by atoms with Crippen LogP contribution in [0.25, 0.3) is 0 Å². The number of aryl methyl sites for hydroxylation is 1. The van der Waals surface area contributed by atoms with Crippen molar-refractivity contribution in [3.05, 3.63) is 29.8 Å². The molecule has 3 rings (SSSR count). The van der Waals surface area contributed by atoms with E-state index in [-0.39, 0.29) is 17.9 Å². The van der Waals surface area contributed by atoms with E-state index in [4.69, 9.17) is 5.73 Å². The van der Waals surface area contributed by atoms with E-state index in [2.05, 4.69) is 5.32 Å². The summed E-state index contributed by atoms with van der Waals surface area (Å²) in [6.07, 6.45) is 3.70. The molecule has 112 valence electrons. The fourth-order valence-corrected chi connectivity index (χ4v) is 2.88. The molecule has 2 aliphatic rings. The molecule has 0 radical (unpaired) electrons. The number of nitrogens with two attached hydrogens (primary N) is 1. The van der Waals surface area contributed by atoms with Crippen LogP contribution in [-0.2, 0) is 16.0 Å². The number of amides is 2. The molecule has 2 fully saturated rings. The third-order valence-electron chi connectivity index (χ3n) is 4.19. The monoisotopic (exact) mass is 287 g/mol. The average Bonchev–Trinajstić information content (AvgIpc) is 3.23. The van der Waals surface area contributed by atoms with Crippen LogP contribution in [0.2, 0.25) is 0 Å². The summed E-state index contributed by atoms with van der Waals surface area (Å²) in [6, 6.07) is 8.00. The first-order valence-electron chi connectivity index (χ1n) is 7.55. The molecule has 1 aromatic carbocycles. The molecule has 5 heteroatoms. The molecule has 5 nitrogen and oxygen atoms in total. The molecule has 1 aromatic rings. The van der Waals surface area contributed by atoms with Gasteiger partial charge in [0.25, 0.3) is 0 Å². The number of carbonyl (C=O) groups excluding carboxylic acids is 2. The lowest BCUT2D eigenvalue weighted by Gasteiger charge is -2.16. The molecular formula is C16H21N3O2. The second kappa shape index (κ2) is 5.76. The van der Waals surface area contributed by atoms with Crippen molar-refractivity contribution in [3.8, 4) is 0 Å². The van der Waals surface area contributed by atoms with Crippen LogP contribution in [0, 0.1) is 0 Å². The number of nitrogens with zero attached hydrogens (tertiary/aromatic N) is 1. The van der Waals surface area contributed by atoms with E-state index in [0.29, 0.717) is 31.8 Å². The molecule has 3 N–H and O–H groups in total. The molecule has 1 aliphatic heterocycles. The molecule has 0 aromatic heterocycles. The first-order valence-corrected chi connectivity index (χ1v) is 7.55. The van der Waals surface area contributed by atoms with Gasteiger partial charge in [0.2, 0.25) is 11.8 Å². The van der Waals surface area contributed by atoms with Gasteiger partial charge in [-0.15, -0.1) is 0 Å². The maximum atomic E-state index is 12.0. The van der Waals surface area contributed by atoms with E-state index in [9.17, 15) is 9.59 Å². The van der Waals surface area contributed by atoms with Crippen LogP contribution in [0.5, 0.6) is 0 Å². The summed E-state index contributed by atoms with van der Waals surface area (Å²) in [4.78, 5) is 25.7. The van der Waals surface area contributed by atoms with Crippen LogP contribution in [0.15, 0.2) is 24.3 Å². The Labute approximate surface area is 124 Å². The van der Waals surface area contributed by atoms with E-state index in [1.807, 2.05) is 29.2 Å². The number of likely N-dealkylation sites (tertiary alicyclic amines) is 1. The summed E-state index contributed by atoms with van der Waals surface area (Å²) < 4.78 is 0. The first kappa shape index (κ1) is 13.9. The molecule has 1 saturated carbocycles. The Balaban J connectivity index is 1.46. The predicted molar refractivity (Wildman–Crippen MR) is 80.5 cm³/mol. The molecule has 1 aliphatic carbocycles. The molecule has 1 saturated heterocycles. The minimum atomic E-state index is -0.0290. The Morgan fingerprint density at radius 2 is 2.10 bits per heavy atom. The number of nitrogen functional groups attached to an aromatic ring is 1. The normalized spacial score (nSPS) is 21.6. The lowest BCUT2D eigenvalue weighted by molar-refractivity contribution is -0.128. The van der Waals surface area contributed by atoms with Gasteiger partial charge in [0.05, 0.1) is 6.04 Å². The Bertz CT molecular complexity index is 554. The number of rotatable bonds is 5. The molecule has 1 unspecified atom stereocenters. The maximum Gasteiger partial charge on any atom is 0.225 e. The van der Waals surface area contributed by atoms with Crippen molar-refractivity contribution in [1.82, 2.24) is 10.2 Å². The van der Waals surface area contributed by atoms with Crippen molar-refractivity contribution in [2.45, 2.75) is 44.2 Å². The van der Waals surface area contributed by atoms with E-state index in [0.717, 1.165) is 24.1 Å². The lowest BCUT2D eigenvalue weighted by atomic mass is 10.1. The van der Waals surface area contributed by atoms with Gasteiger partial charge in [-0.3, -0.25) is 9.59 Å². The summed E-state index contributed by atoms with van der Waals surface area (Å²) >= 11 is 0. The van der Waals surface area contributed by atoms with Gasteiger partial charge in [0.1, 0.15) is 0 Å². The highest BCUT2D eigenvalue weighted by atomic mass is 16.2. The van der Waals surface area contributed by atoms with Crippen molar-refractivity contribution >= 4 is 17.5 Å². The van der Waals surface area contributed by atoms with Crippen molar-refractivity contribution < 1.29 is 9.59 Å². The van der Waals surface area contributed by atoms with Crippen LogP contribution >= 0.6 is 0 Å². The SMILES string of the molecule is Nc1ccccc1CCC(=O)NC1CC(=O)N(C2CC2)C1. The number of benzene rings is 1. The third-order valence-corrected chi connectivity index (χ3v) is 4.19. The van der Waals surface area contributed by atoms with Crippen LogP contribution < -0.4 is 11.1 Å². The highest BCUT2D eigenvalue weighted by molar-refractivity contribution is 5.82. The van der Waals surface area contributed by atoms with E-state index >= 15 is 0 Å². The fraction of sp³-hybridized carbons (Fsp3) is 0.500. The van der Waals surface area contributed by atoms with Crippen molar-refractivity contribution in [2.75, 3.05) is 12.3 Å². The summed E-state index contributed by atoms with van der Waals surface area (Å²) in [5.74, 6) is 0.170. The smallest absolute Gasteiger partial charge is 0.225 e. The molecule has 1 atom stereocenters. The van der Waals surface area contributed by atoms with Gasteiger partial charge >= 0.3 is 0 Å². The van der Waals surface area contributed by atoms with Gasteiger partial charge in [-0.1, -0.05) is 18.2 Å². The summed E-state index contributed by atoms with van der Waals surface area (Å²) in [5.41, 5.74) is 7.58. The summed E-state index contributed by atoms with van der Waals surface area (Å²) in [6.45, 7) is 0.669. The molecule has 0 bridgehead atoms. The highest BCUT2D eigenvalue weighted by Gasteiger charge is 2.39. The fourth-order valence-electron chi connectivity index (χ4n) is 2.88. The zero-order valence-corrected chi connectivity index (χ0v) is 12.0. The van der Waals surface area contributed by atoms with E-state index < -0.39 is 0 Å². The maximum absolute atomic E-state index is 12.0. The van der Waals surface area contributed by atoms with Gasteiger partial charge in [0.15, 0.2) is 0 Å².